The van der Waals surface area contributed by atoms with Crippen molar-refractivity contribution >= 4 is 6.03 Å². The third kappa shape index (κ3) is 4.07. The van der Waals surface area contributed by atoms with E-state index in [2.05, 4.69) is 10.6 Å². The van der Waals surface area contributed by atoms with Gasteiger partial charge in [0.15, 0.2) is 0 Å². The molecule has 78 valence electrons. The molecular weight excluding hydrogens is 176 g/mol. The van der Waals surface area contributed by atoms with Crippen molar-refractivity contribution in [1.82, 2.24) is 10.6 Å². The van der Waals surface area contributed by atoms with Crippen LogP contribution in [-0.4, -0.2) is 53.3 Å². The van der Waals surface area contributed by atoms with Crippen molar-refractivity contribution in [1.29, 1.82) is 0 Å². The molecule has 0 aromatic rings. The molecule has 0 fully saturated rings. The summed E-state index contributed by atoms with van der Waals surface area (Å²) in [7, 11) is 1.42. The summed E-state index contributed by atoms with van der Waals surface area (Å²) in [5.41, 5.74) is 0. The van der Waals surface area contributed by atoms with Gasteiger partial charge in [-0.2, -0.15) is 0 Å². The number of nitrogens with one attached hydrogen (secondary N) is 2. The van der Waals surface area contributed by atoms with E-state index in [1.54, 1.807) is 0 Å². The predicted molar refractivity (Wildman–Crippen MR) is 46.2 cm³/mol. The van der Waals surface area contributed by atoms with Gasteiger partial charge in [-0.1, -0.05) is 0 Å². The Hall–Kier alpha value is -0.850. The third-order valence-electron chi connectivity index (χ3n) is 1.65. The van der Waals surface area contributed by atoms with Crippen molar-refractivity contribution < 1.29 is 20.1 Å². The normalized spacial score (nSPS) is 17.3. The zero-order chi connectivity index (χ0) is 10.4. The molecular formula is C7H16N2O4. The van der Waals surface area contributed by atoms with Crippen LogP contribution in [-0.2, 0) is 0 Å². The van der Waals surface area contributed by atoms with Gasteiger partial charge < -0.3 is 26.0 Å². The first kappa shape index (κ1) is 12.2. The van der Waals surface area contributed by atoms with Crippen LogP contribution in [0, 0.1) is 0 Å². The Morgan fingerprint density at radius 1 is 1.46 bits per heavy atom. The van der Waals surface area contributed by atoms with Crippen LogP contribution in [0.2, 0.25) is 0 Å². The molecule has 3 atom stereocenters. The number of hydrogen-bond donors (Lipinski definition) is 5. The van der Waals surface area contributed by atoms with Crippen LogP contribution in [0.25, 0.3) is 0 Å². The van der Waals surface area contributed by atoms with Crippen molar-refractivity contribution in [3.05, 3.63) is 0 Å². The molecule has 0 saturated carbocycles. The molecule has 6 heteroatoms. The summed E-state index contributed by atoms with van der Waals surface area (Å²) in [6, 6.07) is -1.38. The molecule has 0 saturated heterocycles. The summed E-state index contributed by atoms with van der Waals surface area (Å²) in [6.07, 6.45) is -2.18. The van der Waals surface area contributed by atoms with Crippen molar-refractivity contribution in [3.8, 4) is 0 Å². The molecule has 0 bridgehead atoms. The van der Waals surface area contributed by atoms with Crippen LogP contribution < -0.4 is 10.6 Å². The van der Waals surface area contributed by atoms with Crippen molar-refractivity contribution in [2.75, 3.05) is 13.7 Å². The Morgan fingerprint density at radius 3 is 2.31 bits per heavy atom. The van der Waals surface area contributed by atoms with Gasteiger partial charge in [0.25, 0.3) is 0 Å². The molecule has 0 aromatic heterocycles. The quantitative estimate of drug-likeness (QED) is 0.356. The molecule has 0 aliphatic rings. The SMILES string of the molecule is CNC(=O)NC(CO)[C@H](O)C(C)O. The topological polar surface area (TPSA) is 102 Å². The standard InChI is InChI=1S/C7H16N2O4/c1-4(11)6(12)5(3-10)9-7(13)8-2/h4-6,10-12H,3H2,1-2H3,(H2,8,9,13)/t4?,5?,6-/m1/s1. The van der Waals surface area contributed by atoms with E-state index in [9.17, 15) is 9.90 Å². The number of carbonyl (C=O) groups is 1. The summed E-state index contributed by atoms with van der Waals surface area (Å²) >= 11 is 0. The number of aliphatic hydroxyl groups is 3. The maximum Gasteiger partial charge on any atom is 0.314 e. The van der Waals surface area contributed by atoms with Gasteiger partial charge in [0.2, 0.25) is 0 Å². The van der Waals surface area contributed by atoms with Gasteiger partial charge >= 0.3 is 6.03 Å². The molecule has 13 heavy (non-hydrogen) atoms. The van der Waals surface area contributed by atoms with Gasteiger partial charge in [0.1, 0.15) is 6.10 Å². The average Bonchev–Trinajstić information content (AvgIpc) is 2.12. The first-order valence-electron chi connectivity index (χ1n) is 3.98. The second-order valence-corrected chi connectivity index (χ2v) is 2.74. The van der Waals surface area contributed by atoms with Crippen LogP contribution in [0.3, 0.4) is 0 Å². The maximum atomic E-state index is 10.8. The molecule has 6 nitrogen and oxygen atoms in total. The molecule has 0 rings (SSSR count). The Balaban J connectivity index is 4.09. The van der Waals surface area contributed by atoms with Gasteiger partial charge in [-0.15, -0.1) is 0 Å². The molecule has 0 spiro atoms. The lowest BCUT2D eigenvalue weighted by molar-refractivity contribution is -0.00391. The lowest BCUT2D eigenvalue weighted by Crippen LogP contribution is -2.52. The Labute approximate surface area is 76.6 Å². The Kier molecular flexibility index (Phi) is 5.36. The molecule has 5 N–H and O–H groups in total. The van der Waals surface area contributed by atoms with Crippen molar-refractivity contribution in [2.24, 2.45) is 0 Å². The van der Waals surface area contributed by atoms with Gasteiger partial charge in [0.05, 0.1) is 18.8 Å². The minimum absolute atomic E-state index is 0.431. The van der Waals surface area contributed by atoms with Crippen LogP contribution in [0.4, 0.5) is 4.79 Å². The summed E-state index contributed by atoms with van der Waals surface area (Å²) in [5.74, 6) is 0. The fourth-order valence-electron chi connectivity index (χ4n) is 0.816. The third-order valence-corrected chi connectivity index (χ3v) is 1.65. The fourth-order valence-corrected chi connectivity index (χ4v) is 0.816. The monoisotopic (exact) mass is 192 g/mol. The zero-order valence-electron chi connectivity index (χ0n) is 7.69. The predicted octanol–water partition coefficient (Wildman–Crippen LogP) is -1.98. The van der Waals surface area contributed by atoms with E-state index in [0.717, 1.165) is 0 Å². The Bertz CT molecular complexity index is 163. The molecule has 2 unspecified atom stereocenters. The van der Waals surface area contributed by atoms with E-state index in [1.165, 1.54) is 14.0 Å². The summed E-state index contributed by atoms with van der Waals surface area (Å²) in [5, 5.41) is 31.6. The molecule has 2 amide bonds. The molecule has 0 radical (unpaired) electrons. The van der Waals surface area contributed by atoms with Crippen LogP contribution in [0.15, 0.2) is 0 Å². The summed E-state index contributed by atoms with van der Waals surface area (Å²) in [6.45, 7) is 0.943. The lowest BCUT2D eigenvalue weighted by Gasteiger charge is -2.23. The van der Waals surface area contributed by atoms with Gasteiger partial charge in [-0.25, -0.2) is 4.79 Å². The van der Waals surface area contributed by atoms with E-state index < -0.39 is 30.9 Å². The average molecular weight is 192 g/mol. The van der Waals surface area contributed by atoms with Crippen molar-refractivity contribution in [2.45, 2.75) is 25.2 Å². The molecule has 0 aromatic carbocycles. The second-order valence-electron chi connectivity index (χ2n) is 2.74. The van der Waals surface area contributed by atoms with E-state index in [0.29, 0.717) is 0 Å². The first-order chi connectivity index (χ1) is 6.02. The minimum atomic E-state index is -1.18. The largest absolute Gasteiger partial charge is 0.394 e. The first-order valence-corrected chi connectivity index (χ1v) is 3.98. The van der Waals surface area contributed by atoms with Gasteiger partial charge in [-0.05, 0) is 6.92 Å². The number of urea groups is 1. The minimum Gasteiger partial charge on any atom is -0.394 e. The lowest BCUT2D eigenvalue weighted by atomic mass is 10.1. The molecule has 0 aliphatic heterocycles. The number of aliphatic hydroxyl groups excluding tert-OH is 3. The number of rotatable bonds is 4. The molecule has 0 aliphatic carbocycles. The van der Waals surface area contributed by atoms with Crippen molar-refractivity contribution in [3.63, 3.8) is 0 Å². The smallest absolute Gasteiger partial charge is 0.314 e. The zero-order valence-corrected chi connectivity index (χ0v) is 7.69. The van der Waals surface area contributed by atoms with E-state index >= 15 is 0 Å². The highest BCUT2D eigenvalue weighted by Gasteiger charge is 2.23. The van der Waals surface area contributed by atoms with E-state index in [1.807, 2.05) is 0 Å². The van der Waals surface area contributed by atoms with E-state index in [4.69, 9.17) is 10.2 Å². The fraction of sp³-hybridized carbons (Fsp3) is 0.857. The van der Waals surface area contributed by atoms with Gasteiger partial charge in [-0.3, -0.25) is 0 Å². The highest BCUT2D eigenvalue weighted by atomic mass is 16.3. The van der Waals surface area contributed by atoms with E-state index in [-0.39, 0.29) is 0 Å². The van der Waals surface area contributed by atoms with Crippen LogP contribution in [0.5, 0.6) is 0 Å². The van der Waals surface area contributed by atoms with Crippen LogP contribution >= 0.6 is 0 Å². The number of carbonyl (C=O) groups excluding carboxylic acids is 1. The molecule has 0 heterocycles. The number of hydrogen-bond acceptors (Lipinski definition) is 4. The highest BCUT2D eigenvalue weighted by Crippen LogP contribution is 1.98. The van der Waals surface area contributed by atoms with Crippen LogP contribution in [0.1, 0.15) is 6.92 Å². The maximum absolute atomic E-state index is 10.8. The number of amides is 2. The summed E-state index contributed by atoms with van der Waals surface area (Å²) in [4.78, 5) is 10.8. The summed E-state index contributed by atoms with van der Waals surface area (Å²) < 4.78 is 0. The second kappa shape index (κ2) is 5.74. The highest BCUT2D eigenvalue weighted by molar-refractivity contribution is 5.73. The van der Waals surface area contributed by atoms with Gasteiger partial charge in [0, 0.05) is 7.05 Å². The Morgan fingerprint density at radius 2 is 2.00 bits per heavy atom.